The molecule has 2 N–H and O–H groups in total. The number of hydrogen-bond donors (Lipinski definition) is 1. The van der Waals surface area contributed by atoms with Crippen molar-refractivity contribution in [2.45, 2.75) is 19.9 Å². The van der Waals surface area contributed by atoms with Gasteiger partial charge in [0.1, 0.15) is 11.5 Å². The van der Waals surface area contributed by atoms with Crippen LogP contribution in [0.5, 0.6) is 0 Å². The fourth-order valence-electron chi connectivity index (χ4n) is 1.57. The van der Waals surface area contributed by atoms with Gasteiger partial charge in [0.2, 0.25) is 5.78 Å². The van der Waals surface area contributed by atoms with Gasteiger partial charge in [-0.3, -0.25) is 9.48 Å². The molecule has 0 amide bonds. The molecule has 0 aliphatic heterocycles. The quantitative estimate of drug-likeness (QED) is 0.765. The van der Waals surface area contributed by atoms with Gasteiger partial charge in [0, 0.05) is 13.6 Å². The van der Waals surface area contributed by atoms with E-state index >= 15 is 0 Å². The lowest BCUT2D eigenvalue weighted by Crippen LogP contribution is -2.12. The monoisotopic (exact) mass is 234 g/mol. The van der Waals surface area contributed by atoms with Gasteiger partial charge in [-0.25, -0.2) is 4.68 Å². The van der Waals surface area contributed by atoms with Gasteiger partial charge in [0.25, 0.3) is 0 Å². The molecule has 0 aliphatic rings. The molecule has 0 unspecified atom stereocenters. The van der Waals surface area contributed by atoms with Crippen molar-refractivity contribution in [1.29, 1.82) is 0 Å². The number of aromatic nitrogens is 5. The molecule has 0 bridgehead atoms. The average molecular weight is 234 g/mol. The summed E-state index contributed by atoms with van der Waals surface area (Å²) >= 11 is 0. The lowest BCUT2D eigenvalue weighted by Gasteiger charge is -2.03. The Kier molecular flexibility index (Phi) is 2.90. The van der Waals surface area contributed by atoms with E-state index < -0.39 is 0 Å². The molecule has 2 heterocycles. The Morgan fingerprint density at radius 1 is 1.47 bits per heavy atom. The maximum absolute atomic E-state index is 12.2. The second kappa shape index (κ2) is 4.36. The minimum Gasteiger partial charge on any atom is -0.383 e. The van der Waals surface area contributed by atoms with E-state index in [-0.39, 0.29) is 5.78 Å². The first kappa shape index (κ1) is 11.3. The van der Waals surface area contributed by atoms with Crippen LogP contribution in [0.1, 0.15) is 29.4 Å². The lowest BCUT2D eigenvalue weighted by atomic mass is 10.1. The van der Waals surface area contributed by atoms with Crippen molar-refractivity contribution >= 4 is 11.6 Å². The topological polar surface area (TPSA) is 91.6 Å². The summed E-state index contributed by atoms with van der Waals surface area (Å²) in [7, 11) is 1.69. The molecule has 0 atom stereocenters. The standard InChI is InChI=1S/C10H14N6O/c1-3-4-16-8(6-12-14-16)9(17)7-5-13-15(2)10(7)11/h5-6H,3-4,11H2,1-2H3. The predicted molar refractivity (Wildman–Crippen MR) is 61.4 cm³/mol. The zero-order valence-electron chi connectivity index (χ0n) is 9.79. The van der Waals surface area contributed by atoms with Crippen molar-refractivity contribution in [3.8, 4) is 0 Å². The number of aryl methyl sites for hydroxylation is 2. The molecule has 90 valence electrons. The molecule has 17 heavy (non-hydrogen) atoms. The molecule has 7 heteroatoms. The maximum atomic E-state index is 12.2. The zero-order valence-corrected chi connectivity index (χ0v) is 9.79. The first-order valence-electron chi connectivity index (χ1n) is 5.35. The Labute approximate surface area is 98.2 Å². The van der Waals surface area contributed by atoms with Crippen LogP contribution in [0.2, 0.25) is 0 Å². The summed E-state index contributed by atoms with van der Waals surface area (Å²) in [6.07, 6.45) is 3.79. The summed E-state index contributed by atoms with van der Waals surface area (Å²) < 4.78 is 3.04. The third-order valence-electron chi connectivity index (χ3n) is 2.52. The van der Waals surface area contributed by atoms with Gasteiger partial charge in [-0.05, 0) is 6.42 Å². The third-order valence-corrected chi connectivity index (χ3v) is 2.52. The summed E-state index contributed by atoms with van der Waals surface area (Å²) in [5, 5.41) is 11.6. The van der Waals surface area contributed by atoms with E-state index in [0.29, 0.717) is 23.6 Å². The van der Waals surface area contributed by atoms with Crippen LogP contribution in [-0.4, -0.2) is 30.6 Å². The number of anilines is 1. The fourth-order valence-corrected chi connectivity index (χ4v) is 1.57. The summed E-state index contributed by atoms with van der Waals surface area (Å²) in [6, 6.07) is 0. The highest BCUT2D eigenvalue weighted by Crippen LogP contribution is 2.14. The number of hydrogen-bond acceptors (Lipinski definition) is 5. The molecule has 0 aliphatic carbocycles. The number of nitrogen functional groups attached to an aromatic ring is 1. The summed E-state index contributed by atoms with van der Waals surface area (Å²) in [5.41, 5.74) is 6.58. The van der Waals surface area contributed by atoms with Gasteiger partial charge >= 0.3 is 0 Å². The van der Waals surface area contributed by atoms with E-state index in [4.69, 9.17) is 5.73 Å². The SMILES string of the molecule is CCCn1nncc1C(=O)c1cnn(C)c1N. The van der Waals surface area contributed by atoms with Crippen LogP contribution in [0.4, 0.5) is 5.82 Å². The Morgan fingerprint density at radius 2 is 2.24 bits per heavy atom. The molecule has 0 saturated heterocycles. The first-order chi connectivity index (χ1) is 8.15. The molecule has 0 spiro atoms. The van der Waals surface area contributed by atoms with Gasteiger partial charge in [-0.2, -0.15) is 5.10 Å². The maximum Gasteiger partial charge on any atom is 0.218 e. The number of rotatable bonds is 4. The second-order valence-corrected chi connectivity index (χ2v) is 3.74. The molecular weight excluding hydrogens is 220 g/mol. The third kappa shape index (κ3) is 1.91. The molecule has 0 saturated carbocycles. The van der Waals surface area contributed by atoms with Crippen LogP contribution < -0.4 is 5.73 Å². The molecule has 2 aromatic rings. The number of carbonyl (C=O) groups excluding carboxylic acids is 1. The van der Waals surface area contributed by atoms with Gasteiger partial charge in [-0.1, -0.05) is 12.1 Å². The highest BCUT2D eigenvalue weighted by Gasteiger charge is 2.19. The van der Waals surface area contributed by atoms with Crippen molar-refractivity contribution in [2.24, 2.45) is 7.05 Å². The van der Waals surface area contributed by atoms with Crippen molar-refractivity contribution in [3.63, 3.8) is 0 Å². The normalized spacial score (nSPS) is 10.7. The molecule has 2 rings (SSSR count). The van der Waals surface area contributed by atoms with E-state index in [1.165, 1.54) is 17.1 Å². The predicted octanol–water partition coefficient (Wildman–Crippen LogP) is 0.235. The average Bonchev–Trinajstić information content (AvgIpc) is 2.88. The van der Waals surface area contributed by atoms with Gasteiger partial charge in [0.05, 0.1) is 18.0 Å². The van der Waals surface area contributed by atoms with E-state index in [1.807, 2.05) is 6.92 Å². The summed E-state index contributed by atoms with van der Waals surface area (Å²) in [4.78, 5) is 12.2. The van der Waals surface area contributed by atoms with E-state index in [9.17, 15) is 4.79 Å². The lowest BCUT2D eigenvalue weighted by molar-refractivity contribution is 0.102. The Bertz CT molecular complexity index is 541. The van der Waals surface area contributed by atoms with E-state index in [2.05, 4.69) is 15.4 Å². The number of nitrogens with zero attached hydrogens (tertiary/aromatic N) is 5. The highest BCUT2D eigenvalue weighted by molar-refractivity contribution is 6.10. The fraction of sp³-hybridized carbons (Fsp3) is 0.400. The molecule has 7 nitrogen and oxygen atoms in total. The molecule has 0 radical (unpaired) electrons. The molecule has 0 fully saturated rings. The molecule has 0 aromatic carbocycles. The van der Waals surface area contributed by atoms with Crippen LogP contribution in [0.3, 0.4) is 0 Å². The number of nitrogens with two attached hydrogens (primary N) is 1. The first-order valence-corrected chi connectivity index (χ1v) is 5.35. The highest BCUT2D eigenvalue weighted by atomic mass is 16.1. The van der Waals surface area contributed by atoms with Crippen LogP contribution >= 0.6 is 0 Å². The van der Waals surface area contributed by atoms with E-state index in [1.54, 1.807) is 11.7 Å². The molecule has 2 aromatic heterocycles. The van der Waals surface area contributed by atoms with Crippen molar-refractivity contribution < 1.29 is 4.79 Å². The second-order valence-electron chi connectivity index (χ2n) is 3.74. The van der Waals surface area contributed by atoms with Gasteiger partial charge in [-0.15, -0.1) is 5.10 Å². The minimum atomic E-state index is -0.200. The largest absolute Gasteiger partial charge is 0.383 e. The van der Waals surface area contributed by atoms with Gasteiger partial charge in [0.15, 0.2) is 0 Å². The van der Waals surface area contributed by atoms with Crippen LogP contribution in [-0.2, 0) is 13.6 Å². The van der Waals surface area contributed by atoms with Crippen LogP contribution in [0, 0.1) is 0 Å². The van der Waals surface area contributed by atoms with E-state index in [0.717, 1.165) is 6.42 Å². The molecular formula is C10H14N6O. The van der Waals surface area contributed by atoms with Crippen LogP contribution in [0.25, 0.3) is 0 Å². The minimum absolute atomic E-state index is 0.200. The van der Waals surface area contributed by atoms with Crippen molar-refractivity contribution in [2.75, 3.05) is 5.73 Å². The van der Waals surface area contributed by atoms with Gasteiger partial charge < -0.3 is 5.73 Å². The zero-order chi connectivity index (χ0) is 12.4. The summed E-state index contributed by atoms with van der Waals surface area (Å²) in [5.74, 6) is 0.147. The number of ketones is 1. The Morgan fingerprint density at radius 3 is 2.82 bits per heavy atom. The Hall–Kier alpha value is -2.18. The summed E-state index contributed by atoms with van der Waals surface area (Å²) in [6.45, 7) is 2.66. The Balaban J connectivity index is 2.37. The number of carbonyl (C=O) groups is 1. The van der Waals surface area contributed by atoms with Crippen molar-refractivity contribution in [3.05, 3.63) is 23.7 Å². The smallest absolute Gasteiger partial charge is 0.218 e. The van der Waals surface area contributed by atoms with Crippen LogP contribution in [0.15, 0.2) is 12.4 Å². The van der Waals surface area contributed by atoms with Crippen molar-refractivity contribution in [1.82, 2.24) is 24.8 Å².